The van der Waals surface area contributed by atoms with Gasteiger partial charge in [0.15, 0.2) is 0 Å². The molecule has 0 aromatic heterocycles. The van der Waals surface area contributed by atoms with Gasteiger partial charge in [0.2, 0.25) is 0 Å². The molecule has 0 radical (unpaired) electrons. The van der Waals surface area contributed by atoms with E-state index in [1.54, 1.807) is 14.2 Å². The summed E-state index contributed by atoms with van der Waals surface area (Å²) in [6.45, 7) is 4.21. The number of methoxy groups -OCH3 is 2. The predicted molar refractivity (Wildman–Crippen MR) is 90.7 cm³/mol. The third-order valence-electron chi connectivity index (χ3n) is 4.05. The minimum Gasteiger partial charge on any atom is -0.497 e. The van der Waals surface area contributed by atoms with Crippen molar-refractivity contribution in [2.75, 3.05) is 14.2 Å². The molecule has 0 bridgehead atoms. The normalized spacial score (nSPS) is 12.0. The first kappa shape index (κ1) is 16.4. The Morgan fingerprint density at radius 2 is 1.77 bits per heavy atom. The summed E-state index contributed by atoms with van der Waals surface area (Å²) in [4.78, 5) is 0. The second kappa shape index (κ2) is 7.32. The molecule has 2 N–H and O–H groups in total. The van der Waals surface area contributed by atoms with Crippen molar-refractivity contribution >= 4 is 0 Å². The third kappa shape index (κ3) is 3.80. The summed E-state index contributed by atoms with van der Waals surface area (Å²) in [7, 11) is 3.36. The zero-order valence-corrected chi connectivity index (χ0v) is 13.8. The van der Waals surface area contributed by atoms with E-state index >= 15 is 0 Å². The van der Waals surface area contributed by atoms with Gasteiger partial charge < -0.3 is 15.2 Å². The average Bonchev–Trinajstić information content (AvgIpc) is 2.54. The van der Waals surface area contributed by atoms with E-state index in [9.17, 15) is 0 Å². The molecule has 118 valence electrons. The van der Waals surface area contributed by atoms with E-state index in [1.165, 1.54) is 16.7 Å². The smallest absolute Gasteiger partial charge is 0.122 e. The molecule has 3 nitrogen and oxygen atoms in total. The molecule has 1 atom stereocenters. The molecule has 1 unspecified atom stereocenters. The zero-order chi connectivity index (χ0) is 16.1. The second-order valence-corrected chi connectivity index (χ2v) is 5.68. The SMILES string of the molecule is COc1ccc(OC)c(CCC(N)c2cc(C)ccc2C)c1. The van der Waals surface area contributed by atoms with Gasteiger partial charge in [0.25, 0.3) is 0 Å². The zero-order valence-electron chi connectivity index (χ0n) is 13.8. The summed E-state index contributed by atoms with van der Waals surface area (Å²) in [5, 5.41) is 0. The van der Waals surface area contributed by atoms with Crippen molar-refractivity contribution in [1.82, 2.24) is 0 Å². The van der Waals surface area contributed by atoms with E-state index in [-0.39, 0.29) is 6.04 Å². The van der Waals surface area contributed by atoms with Crippen molar-refractivity contribution in [2.45, 2.75) is 32.7 Å². The van der Waals surface area contributed by atoms with Crippen LogP contribution in [0.4, 0.5) is 0 Å². The van der Waals surface area contributed by atoms with Gasteiger partial charge in [-0.05, 0) is 61.6 Å². The lowest BCUT2D eigenvalue weighted by Crippen LogP contribution is -2.13. The maximum Gasteiger partial charge on any atom is 0.122 e. The molecule has 2 aromatic rings. The van der Waals surface area contributed by atoms with Crippen LogP contribution >= 0.6 is 0 Å². The van der Waals surface area contributed by atoms with Crippen molar-refractivity contribution in [3.05, 3.63) is 58.7 Å². The van der Waals surface area contributed by atoms with Gasteiger partial charge in [0.05, 0.1) is 14.2 Å². The van der Waals surface area contributed by atoms with Crippen LogP contribution in [0.2, 0.25) is 0 Å². The highest BCUT2D eigenvalue weighted by Crippen LogP contribution is 2.28. The lowest BCUT2D eigenvalue weighted by atomic mass is 9.94. The molecule has 0 spiro atoms. The lowest BCUT2D eigenvalue weighted by Gasteiger charge is -2.17. The Morgan fingerprint density at radius 3 is 2.45 bits per heavy atom. The molecule has 2 aromatic carbocycles. The summed E-state index contributed by atoms with van der Waals surface area (Å²) in [6, 6.07) is 12.3. The standard InChI is InChI=1S/C19H25NO2/c1-13-5-6-14(2)17(11-13)18(20)9-7-15-12-16(21-3)8-10-19(15)22-4/h5-6,8,10-12,18H,7,9,20H2,1-4H3. The molecule has 2 rings (SSSR count). The Bertz CT molecular complexity index is 637. The lowest BCUT2D eigenvalue weighted by molar-refractivity contribution is 0.397. The van der Waals surface area contributed by atoms with Crippen LogP contribution < -0.4 is 15.2 Å². The quantitative estimate of drug-likeness (QED) is 0.878. The van der Waals surface area contributed by atoms with Gasteiger partial charge in [-0.3, -0.25) is 0 Å². The van der Waals surface area contributed by atoms with Crippen LogP contribution in [0.5, 0.6) is 11.5 Å². The van der Waals surface area contributed by atoms with E-state index in [4.69, 9.17) is 15.2 Å². The topological polar surface area (TPSA) is 44.5 Å². The van der Waals surface area contributed by atoms with Crippen LogP contribution in [-0.4, -0.2) is 14.2 Å². The van der Waals surface area contributed by atoms with E-state index in [1.807, 2.05) is 18.2 Å². The van der Waals surface area contributed by atoms with Crippen LogP contribution in [0.15, 0.2) is 36.4 Å². The van der Waals surface area contributed by atoms with Crippen molar-refractivity contribution < 1.29 is 9.47 Å². The van der Waals surface area contributed by atoms with Crippen LogP contribution in [0.3, 0.4) is 0 Å². The van der Waals surface area contributed by atoms with Gasteiger partial charge >= 0.3 is 0 Å². The summed E-state index contributed by atoms with van der Waals surface area (Å²) >= 11 is 0. The highest BCUT2D eigenvalue weighted by Gasteiger charge is 2.12. The van der Waals surface area contributed by atoms with E-state index in [0.717, 1.165) is 29.9 Å². The molecular weight excluding hydrogens is 274 g/mol. The van der Waals surface area contributed by atoms with Gasteiger partial charge in [-0.25, -0.2) is 0 Å². The number of hydrogen-bond donors (Lipinski definition) is 1. The van der Waals surface area contributed by atoms with Gasteiger partial charge in [0.1, 0.15) is 11.5 Å². The fourth-order valence-corrected chi connectivity index (χ4v) is 2.70. The minimum atomic E-state index is 0.0239. The van der Waals surface area contributed by atoms with Gasteiger partial charge in [-0.2, -0.15) is 0 Å². The fourth-order valence-electron chi connectivity index (χ4n) is 2.70. The first-order chi connectivity index (χ1) is 10.5. The van der Waals surface area contributed by atoms with Crippen molar-refractivity contribution in [1.29, 1.82) is 0 Å². The number of hydrogen-bond acceptors (Lipinski definition) is 3. The summed E-state index contributed by atoms with van der Waals surface area (Å²) in [6.07, 6.45) is 1.72. The molecule has 0 amide bonds. The molecule has 3 heteroatoms. The van der Waals surface area contributed by atoms with Crippen molar-refractivity contribution in [3.63, 3.8) is 0 Å². The average molecular weight is 299 g/mol. The van der Waals surface area contributed by atoms with E-state index < -0.39 is 0 Å². The highest BCUT2D eigenvalue weighted by atomic mass is 16.5. The van der Waals surface area contributed by atoms with Crippen LogP contribution in [0, 0.1) is 13.8 Å². The summed E-state index contributed by atoms with van der Waals surface area (Å²) < 4.78 is 10.7. The minimum absolute atomic E-state index is 0.0239. The molecule has 0 aliphatic carbocycles. The van der Waals surface area contributed by atoms with Crippen LogP contribution in [0.25, 0.3) is 0 Å². The van der Waals surface area contributed by atoms with Crippen LogP contribution in [0.1, 0.15) is 34.7 Å². The maximum absolute atomic E-state index is 6.40. The monoisotopic (exact) mass is 299 g/mol. The Morgan fingerprint density at radius 1 is 1.00 bits per heavy atom. The van der Waals surface area contributed by atoms with Crippen molar-refractivity contribution in [3.8, 4) is 11.5 Å². The highest BCUT2D eigenvalue weighted by molar-refractivity contribution is 5.41. The number of ether oxygens (including phenoxy) is 2. The van der Waals surface area contributed by atoms with Gasteiger partial charge in [-0.1, -0.05) is 23.8 Å². The second-order valence-electron chi connectivity index (χ2n) is 5.68. The molecular formula is C19H25NO2. The molecule has 0 fully saturated rings. The maximum atomic E-state index is 6.40. The number of nitrogens with two attached hydrogens (primary N) is 1. The molecule has 22 heavy (non-hydrogen) atoms. The number of rotatable bonds is 6. The first-order valence-corrected chi connectivity index (χ1v) is 7.58. The van der Waals surface area contributed by atoms with E-state index in [2.05, 4.69) is 32.0 Å². The number of benzene rings is 2. The summed E-state index contributed by atoms with van der Waals surface area (Å²) in [5.74, 6) is 1.73. The largest absolute Gasteiger partial charge is 0.497 e. The Kier molecular flexibility index (Phi) is 5.45. The van der Waals surface area contributed by atoms with Gasteiger partial charge in [-0.15, -0.1) is 0 Å². The van der Waals surface area contributed by atoms with Gasteiger partial charge in [0, 0.05) is 6.04 Å². The Hall–Kier alpha value is -2.00. The van der Waals surface area contributed by atoms with E-state index in [0.29, 0.717) is 0 Å². The molecule has 0 saturated carbocycles. The fraction of sp³-hybridized carbons (Fsp3) is 0.368. The number of aryl methyl sites for hydroxylation is 3. The molecule has 0 saturated heterocycles. The third-order valence-corrected chi connectivity index (χ3v) is 4.05. The molecule has 0 aliphatic heterocycles. The summed E-state index contributed by atoms with van der Waals surface area (Å²) in [5.41, 5.74) is 11.2. The Balaban J connectivity index is 2.13. The predicted octanol–water partition coefficient (Wildman–Crippen LogP) is 3.95. The first-order valence-electron chi connectivity index (χ1n) is 7.58. The van der Waals surface area contributed by atoms with Crippen LogP contribution in [-0.2, 0) is 6.42 Å². The molecule has 0 aliphatic rings. The van der Waals surface area contributed by atoms with Crippen molar-refractivity contribution in [2.24, 2.45) is 5.73 Å². The molecule has 0 heterocycles. The Labute approximate surface area is 133 Å².